The first-order valence-electron chi connectivity index (χ1n) is 12.3. The zero-order valence-corrected chi connectivity index (χ0v) is 21.2. The maximum absolute atomic E-state index is 11.2. The molecule has 0 radical (unpaired) electrons. The first-order chi connectivity index (χ1) is 17.4. The molecule has 1 aliphatic rings. The molecule has 2 aromatic heterocycles. The van der Waals surface area contributed by atoms with Crippen LogP contribution < -0.4 is 5.32 Å². The van der Waals surface area contributed by atoms with Gasteiger partial charge in [-0.3, -0.25) is 19.6 Å². The monoisotopic (exact) mass is 492 g/mol. The minimum absolute atomic E-state index is 0.107. The molecule has 1 aromatic carbocycles. The van der Waals surface area contributed by atoms with Gasteiger partial charge in [0.25, 0.3) is 0 Å². The lowest BCUT2D eigenvalue weighted by atomic mass is 10.1. The predicted molar refractivity (Wildman–Crippen MR) is 141 cm³/mol. The number of benzene rings is 1. The molecule has 2 N–H and O–H groups in total. The van der Waals surface area contributed by atoms with Crippen LogP contribution in [-0.4, -0.2) is 65.7 Å². The number of likely N-dealkylation sites (N-methyl/N-ethyl adjacent to an activating group) is 1. The van der Waals surface area contributed by atoms with E-state index < -0.39 is 0 Å². The van der Waals surface area contributed by atoms with Crippen molar-refractivity contribution < 1.29 is 19.1 Å². The average molecular weight is 493 g/mol. The number of likely N-dealkylation sites (tertiary alicyclic amines) is 1. The number of carbonyl (C=O) groups excluding carboxylic acids is 2. The Bertz CT molecular complexity index is 1120. The molecular formula is C28H36N4O4. The van der Waals surface area contributed by atoms with Gasteiger partial charge in [-0.15, -0.1) is 0 Å². The third-order valence-corrected chi connectivity index (χ3v) is 6.41. The number of aromatic nitrogens is 1. The Kier molecular flexibility index (Phi) is 10.2. The van der Waals surface area contributed by atoms with Crippen molar-refractivity contribution >= 4 is 23.7 Å². The number of nitrogens with one attached hydrogen (secondary N) is 1. The lowest BCUT2D eigenvalue weighted by Gasteiger charge is -2.24. The third kappa shape index (κ3) is 7.76. The van der Waals surface area contributed by atoms with E-state index in [4.69, 9.17) is 4.42 Å². The highest BCUT2D eigenvalue weighted by Gasteiger charge is 2.16. The number of nitrogens with zero attached hydrogens (tertiary/aromatic N) is 3. The van der Waals surface area contributed by atoms with Crippen LogP contribution in [0.3, 0.4) is 0 Å². The number of aldehydes is 2. The fraction of sp³-hybridized carbons (Fsp3) is 0.393. The van der Waals surface area contributed by atoms with Gasteiger partial charge >= 0.3 is 0 Å². The van der Waals surface area contributed by atoms with Crippen molar-refractivity contribution in [2.45, 2.75) is 44.8 Å². The number of fused-ring (bicyclic) bond motifs is 1. The summed E-state index contributed by atoms with van der Waals surface area (Å²) in [4.78, 5) is 30.8. The SMILES string of the molecule is C=C(CCC(C=O)N(C)Cc1cc(O)ccc1C=O)NC.c1cnc2cc(CN3CCCC3)oc2c1. The van der Waals surface area contributed by atoms with Crippen molar-refractivity contribution in [2.75, 3.05) is 27.2 Å². The number of rotatable bonds is 11. The Morgan fingerprint density at radius 2 is 2.06 bits per heavy atom. The van der Waals surface area contributed by atoms with E-state index in [-0.39, 0.29) is 11.8 Å². The summed E-state index contributed by atoms with van der Waals surface area (Å²) in [5.74, 6) is 1.14. The van der Waals surface area contributed by atoms with Gasteiger partial charge in [0.05, 0.1) is 12.6 Å². The third-order valence-electron chi connectivity index (χ3n) is 6.41. The van der Waals surface area contributed by atoms with Crippen molar-refractivity contribution in [2.24, 2.45) is 0 Å². The van der Waals surface area contributed by atoms with Gasteiger partial charge in [0.1, 0.15) is 29.6 Å². The molecule has 0 saturated carbocycles. The summed E-state index contributed by atoms with van der Waals surface area (Å²) in [5, 5.41) is 12.5. The molecule has 3 heterocycles. The fourth-order valence-electron chi connectivity index (χ4n) is 4.23. The second kappa shape index (κ2) is 13.6. The molecule has 8 nitrogen and oxygen atoms in total. The van der Waals surface area contributed by atoms with E-state index in [1.807, 2.05) is 30.1 Å². The van der Waals surface area contributed by atoms with Crippen molar-refractivity contribution in [1.29, 1.82) is 0 Å². The van der Waals surface area contributed by atoms with Crippen LogP contribution >= 0.6 is 0 Å². The van der Waals surface area contributed by atoms with Crippen LogP contribution in [0.5, 0.6) is 5.75 Å². The highest BCUT2D eigenvalue weighted by molar-refractivity contribution is 5.77. The summed E-state index contributed by atoms with van der Waals surface area (Å²) >= 11 is 0. The van der Waals surface area contributed by atoms with Gasteiger partial charge in [-0.1, -0.05) is 6.58 Å². The Morgan fingerprint density at radius 3 is 2.72 bits per heavy atom. The second-order valence-electron chi connectivity index (χ2n) is 9.09. The number of hydrogen-bond acceptors (Lipinski definition) is 8. The smallest absolute Gasteiger partial charge is 0.152 e. The van der Waals surface area contributed by atoms with Crippen molar-refractivity contribution in [3.05, 3.63) is 71.8 Å². The summed E-state index contributed by atoms with van der Waals surface area (Å²) in [6.45, 7) is 7.58. The van der Waals surface area contributed by atoms with E-state index in [9.17, 15) is 14.7 Å². The van der Waals surface area contributed by atoms with Gasteiger partial charge in [-0.25, -0.2) is 0 Å². The molecule has 3 aromatic rings. The summed E-state index contributed by atoms with van der Waals surface area (Å²) in [7, 11) is 3.62. The Hall–Kier alpha value is -3.49. The lowest BCUT2D eigenvalue weighted by molar-refractivity contribution is -0.112. The minimum atomic E-state index is -0.267. The molecular weight excluding hydrogens is 456 g/mol. The largest absolute Gasteiger partial charge is 0.508 e. The standard InChI is InChI=1S/C16H22N2O3.C12H14N2O/c1-12(17-2)4-6-15(11-20)18(3)9-14-8-16(21)7-5-13(14)10-19;1-2-7-14(6-1)9-10-8-11-12(15-10)4-3-5-13-11/h5,7-8,10-11,15,17,21H,1,4,6,9H2,2-3H3;3-5,8H,1-2,6-7,9H2. The Labute approximate surface area is 212 Å². The van der Waals surface area contributed by atoms with Crippen molar-refractivity contribution in [3.8, 4) is 5.75 Å². The fourth-order valence-corrected chi connectivity index (χ4v) is 4.23. The van der Waals surface area contributed by atoms with Gasteiger partial charge in [0, 0.05) is 37.1 Å². The highest BCUT2D eigenvalue weighted by Crippen LogP contribution is 2.20. The molecule has 0 spiro atoms. The van der Waals surface area contributed by atoms with E-state index in [0.717, 1.165) is 41.7 Å². The summed E-state index contributed by atoms with van der Waals surface area (Å²) in [6.07, 6.45) is 7.43. The van der Waals surface area contributed by atoms with Gasteiger partial charge < -0.3 is 19.6 Å². The van der Waals surface area contributed by atoms with Gasteiger partial charge in [-0.05, 0) is 81.7 Å². The van der Waals surface area contributed by atoms with Gasteiger partial charge in [0.15, 0.2) is 5.58 Å². The summed E-state index contributed by atoms with van der Waals surface area (Å²) in [5.41, 5.74) is 3.95. The second-order valence-corrected chi connectivity index (χ2v) is 9.09. The lowest BCUT2D eigenvalue weighted by Crippen LogP contribution is -2.33. The minimum Gasteiger partial charge on any atom is -0.508 e. The van der Waals surface area contributed by atoms with Crippen LogP contribution in [0, 0.1) is 0 Å². The Morgan fingerprint density at radius 1 is 1.28 bits per heavy atom. The number of allylic oxidation sites excluding steroid dienone is 1. The van der Waals surface area contributed by atoms with Crippen molar-refractivity contribution in [1.82, 2.24) is 20.1 Å². The number of aromatic hydroxyl groups is 1. The summed E-state index contributed by atoms with van der Waals surface area (Å²) in [6, 6.07) is 10.3. The molecule has 8 heteroatoms. The van der Waals surface area contributed by atoms with Crippen LogP contribution in [0.1, 0.15) is 47.4 Å². The first kappa shape index (κ1) is 27.1. The van der Waals surface area contributed by atoms with Crippen LogP contribution in [0.4, 0.5) is 0 Å². The summed E-state index contributed by atoms with van der Waals surface area (Å²) < 4.78 is 5.73. The number of pyridine rings is 1. The molecule has 192 valence electrons. The van der Waals surface area contributed by atoms with Crippen LogP contribution in [-0.2, 0) is 17.9 Å². The number of furan rings is 1. The van der Waals surface area contributed by atoms with Crippen LogP contribution in [0.25, 0.3) is 11.1 Å². The molecule has 4 rings (SSSR count). The molecule has 0 amide bonds. The quantitative estimate of drug-likeness (QED) is 0.386. The zero-order valence-electron chi connectivity index (χ0n) is 21.2. The highest BCUT2D eigenvalue weighted by atomic mass is 16.3. The number of carbonyl (C=O) groups is 2. The Balaban J connectivity index is 0.000000210. The van der Waals surface area contributed by atoms with E-state index in [2.05, 4.69) is 21.8 Å². The maximum Gasteiger partial charge on any atom is 0.152 e. The molecule has 1 saturated heterocycles. The van der Waals surface area contributed by atoms with Gasteiger partial charge in [-0.2, -0.15) is 0 Å². The zero-order chi connectivity index (χ0) is 25.9. The molecule has 1 unspecified atom stereocenters. The normalized spacial score (nSPS) is 14.3. The van der Waals surface area contributed by atoms with Gasteiger partial charge in [0.2, 0.25) is 0 Å². The van der Waals surface area contributed by atoms with Crippen molar-refractivity contribution in [3.63, 3.8) is 0 Å². The predicted octanol–water partition coefficient (Wildman–Crippen LogP) is 4.14. The van der Waals surface area contributed by atoms with E-state index in [1.54, 1.807) is 25.4 Å². The molecule has 0 bridgehead atoms. The number of hydrogen-bond donors (Lipinski definition) is 2. The van der Waals surface area contributed by atoms with Crippen LogP contribution in [0.15, 0.2) is 59.3 Å². The maximum atomic E-state index is 11.2. The molecule has 1 atom stereocenters. The first-order valence-corrected chi connectivity index (χ1v) is 12.3. The topological polar surface area (TPSA) is 98.9 Å². The molecule has 0 aliphatic carbocycles. The molecule has 1 aliphatic heterocycles. The molecule has 36 heavy (non-hydrogen) atoms. The average Bonchev–Trinajstić information content (AvgIpc) is 3.54. The van der Waals surface area contributed by atoms with Crippen LogP contribution in [0.2, 0.25) is 0 Å². The van der Waals surface area contributed by atoms with E-state index in [0.29, 0.717) is 30.5 Å². The van der Waals surface area contributed by atoms with E-state index in [1.165, 1.54) is 32.0 Å². The molecule has 1 fully saturated rings. The number of phenolic OH excluding ortho intramolecular Hbond substituents is 1. The van der Waals surface area contributed by atoms with E-state index >= 15 is 0 Å². The number of phenols is 1.